The van der Waals surface area contributed by atoms with Crippen molar-refractivity contribution in [2.45, 2.75) is 59.7 Å². The molecular weight excluding hydrogens is 246 g/mol. The second-order valence-corrected chi connectivity index (χ2v) is 6.83. The van der Waals surface area contributed by atoms with Crippen molar-refractivity contribution in [3.8, 4) is 0 Å². The molecule has 0 aliphatic rings. The molecule has 0 amide bonds. The third-order valence-electron chi connectivity index (χ3n) is 3.58. The first-order valence-corrected chi connectivity index (χ1v) is 7.72. The first-order chi connectivity index (χ1) is 9.33. The summed E-state index contributed by atoms with van der Waals surface area (Å²) in [5, 5.41) is 3.64. The minimum atomic E-state index is 0.164. The molecule has 1 atom stereocenters. The van der Waals surface area contributed by atoms with Gasteiger partial charge in [0.15, 0.2) is 0 Å². The van der Waals surface area contributed by atoms with E-state index < -0.39 is 0 Å². The molecule has 0 bridgehead atoms. The van der Waals surface area contributed by atoms with Gasteiger partial charge in [0.25, 0.3) is 0 Å². The van der Waals surface area contributed by atoms with Crippen LogP contribution in [0.5, 0.6) is 0 Å². The number of nitrogens with zero attached hydrogens (tertiary/aromatic N) is 2. The number of nitrogens with one attached hydrogen (secondary N) is 1. The first kappa shape index (κ1) is 17.1. The maximum atomic E-state index is 4.46. The standard InChI is InChI=1S/C17H31N3/c1-7-20(13-15-10-8-9-11-18-15)16(14(2)3)12-19-17(4,5)6/h8-11,14,16,19H,7,12-13H2,1-6H3. The van der Waals surface area contributed by atoms with Gasteiger partial charge in [-0.1, -0.05) is 26.8 Å². The molecule has 0 spiro atoms. The van der Waals surface area contributed by atoms with Crippen LogP contribution in [-0.4, -0.2) is 34.6 Å². The molecule has 3 heteroatoms. The summed E-state index contributed by atoms with van der Waals surface area (Å²) in [6, 6.07) is 6.67. The van der Waals surface area contributed by atoms with E-state index in [-0.39, 0.29) is 5.54 Å². The Morgan fingerprint density at radius 3 is 2.40 bits per heavy atom. The van der Waals surface area contributed by atoms with Crippen molar-refractivity contribution < 1.29 is 0 Å². The predicted octanol–water partition coefficient (Wildman–Crippen LogP) is 3.32. The van der Waals surface area contributed by atoms with Crippen molar-refractivity contribution in [1.82, 2.24) is 15.2 Å². The Morgan fingerprint density at radius 2 is 1.95 bits per heavy atom. The van der Waals surface area contributed by atoms with Gasteiger partial charge in [0, 0.05) is 30.9 Å². The number of likely N-dealkylation sites (N-methyl/N-ethyl adjacent to an activating group) is 1. The molecule has 20 heavy (non-hydrogen) atoms. The molecule has 114 valence electrons. The zero-order valence-corrected chi connectivity index (χ0v) is 14.0. The molecule has 0 saturated heterocycles. The molecule has 0 aliphatic carbocycles. The van der Waals surface area contributed by atoms with Gasteiger partial charge in [-0.2, -0.15) is 0 Å². The number of pyridine rings is 1. The van der Waals surface area contributed by atoms with Crippen LogP contribution in [-0.2, 0) is 6.54 Å². The lowest BCUT2D eigenvalue weighted by Gasteiger charge is -2.36. The molecule has 0 fully saturated rings. The summed E-state index contributed by atoms with van der Waals surface area (Å²) in [6.45, 7) is 16.5. The van der Waals surface area contributed by atoms with Crippen molar-refractivity contribution >= 4 is 0 Å². The van der Waals surface area contributed by atoms with Gasteiger partial charge in [-0.25, -0.2) is 0 Å². The smallest absolute Gasteiger partial charge is 0.0544 e. The summed E-state index contributed by atoms with van der Waals surface area (Å²) in [6.07, 6.45) is 1.88. The summed E-state index contributed by atoms with van der Waals surface area (Å²) in [5.74, 6) is 0.619. The van der Waals surface area contributed by atoms with Crippen molar-refractivity contribution in [1.29, 1.82) is 0 Å². The van der Waals surface area contributed by atoms with Crippen LogP contribution in [0, 0.1) is 5.92 Å². The van der Waals surface area contributed by atoms with Crippen LogP contribution in [0.1, 0.15) is 47.2 Å². The van der Waals surface area contributed by atoms with E-state index in [1.54, 1.807) is 0 Å². The van der Waals surface area contributed by atoms with E-state index in [4.69, 9.17) is 0 Å². The second-order valence-electron chi connectivity index (χ2n) is 6.83. The Hall–Kier alpha value is -0.930. The summed E-state index contributed by atoms with van der Waals surface area (Å²) < 4.78 is 0. The largest absolute Gasteiger partial charge is 0.311 e. The number of aromatic nitrogens is 1. The Morgan fingerprint density at radius 1 is 1.25 bits per heavy atom. The van der Waals surface area contributed by atoms with Crippen LogP contribution in [0.15, 0.2) is 24.4 Å². The minimum absolute atomic E-state index is 0.164. The van der Waals surface area contributed by atoms with Gasteiger partial charge < -0.3 is 5.32 Å². The molecule has 1 aromatic rings. The monoisotopic (exact) mass is 277 g/mol. The molecular formula is C17H31N3. The molecule has 0 radical (unpaired) electrons. The van der Waals surface area contributed by atoms with Gasteiger partial charge in [-0.3, -0.25) is 9.88 Å². The van der Waals surface area contributed by atoms with E-state index >= 15 is 0 Å². The van der Waals surface area contributed by atoms with Crippen molar-refractivity contribution in [2.75, 3.05) is 13.1 Å². The molecule has 1 heterocycles. The van der Waals surface area contributed by atoms with Gasteiger partial charge in [0.2, 0.25) is 0 Å². The van der Waals surface area contributed by atoms with Crippen LogP contribution in [0.2, 0.25) is 0 Å². The van der Waals surface area contributed by atoms with Crippen molar-refractivity contribution in [2.24, 2.45) is 5.92 Å². The van der Waals surface area contributed by atoms with E-state index in [2.05, 4.69) is 68.9 Å². The number of rotatable bonds is 7. The number of hydrogen-bond donors (Lipinski definition) is 1. The molecule has 0 aromatic carbocycles. The fraction of sp³-hybridized carbons (Fsp3) is 0.706. The van der Waals surface area contributed by atoms with Gasteiger partial charge in [0.05, 0.1) is 5.69 Å². The molecule has 1 aromatic heterocycles. The minimum Gasteiger partial charge on any atom is -0.311 e. The summed E-state index contributed by atoms with van der Waals surface area (Å²) in [7, 11) is 0. The van der Waals surface area contributed by atoms with Gasteiger partial charge in [-0.05, 0) is 45.4 Å². The van der Waals surface area contributed by atoms with E-state index in [1.165, 1.54) is 0 Å². The first-order valence-electron chi connectivity index (χ1n) is 7.72. The summed E-state index contributed by atoms with van der Waals surface area (Å²) in [5.41, 5.74) is 1.31. The van der Waals surface area contributed by atoms with Crippen LogP contribution >= 0.6 is 0 Å². The van der Waals surface area contributed by atoms with Crippen LogP contribution in [0.4, 0.5) is 0 Å². The normalized spacial score (nSPS) is 14.0. The second kappa shape index (κ2) is 7.75. The highest BCUT2D eigenvalue weighted by molar-refractivity contribution is 5.03. The highest BCUT2D eigenvalue weighted by Gasteiger charge is 2.23. The quantitative estimate of drug-likeness (QED) is 0.828. The summed E-state index contributed by atoms with van der Waals surface area (Å²) >= 11 is 0. The fourth-order valence-electron chi connectivity index (χ4n) is 2.36. The number of hydrogen-bond acceptors (Lipinski definition) is 3. The maximum absolute atomic E-state index is 4.46. The van der Waals surface area contributed by atoms with Gasteiger partial charge >= 0.3 is 0 Å². The average molecular weight is 277 g/mol. The predicted molar refractivity (Wildman–Crippen MR) is 86.7 cm³/mol. The third kappa shape index (κ3) is 6.02. The molecule has 3 nitrogen and oxygen atoms in total. The Balaban J connectivity index is 2.71. The van der Waals surface area contributed by atoms with Gasteiger partial charge in [0.1, 0.15) is 0 Å². The topological polar surface area (TPSA) is 28.2 Å². The van der Waals surface area contributed by atoms with Gasteiger partial charge in [-0.15, -0.1) is 0 Å². The fourth-order valence-corrected chi connectivity index (χ4v) is 2.36. The maximum Gasteiger partial charge on any atom is 0.0544 e. The highest BCUT2D eigenvalue weighted by Crippen LogP contribution is 2.14. The molecule has 0 aliphatic heterocycles. The Labute approximate surface area is 124 Å². The van der Waals surface area contributed by atoms with E-state index in [0.717, 1.165) is 25.3 Å². The lowest BCUT2D eigenvalue weighted by atomic mass is 10.00. The average Bonchev–Trinajstić information content (AvgIpc) is 2.37. The van der Waals surface area contributed by atoms with Crippen molar-refractivity contribution in [3.05, 3.63) is 30.1 Å². The van der Waals surface area contributed by atoms with Crippen LogP contribution in [0.25, 0.3) is 0 Å². The lowest BCUT2D eigenvalue weighted by molar-refractivity contribution is 0.141. The van der Waals surface area contributed by atoms with E-state index in [9.17, 15) is 0 Å². The molecule has 1 rings (SSSR count). The van der Waals surface area contributed by atoms with Crippen LogP contribution < -0.4 is 5.32 Å². The zero-order chi connectivity index (χ0) is 15.2. The third-order valence-corrected chi connectivity index (χ3v) is 3.58. The molecule has 1 N–H and O–H groups in total. The highest BCUT2D eigenvalue weighted by atomic mass is 15.2. The zero-order valence-electron chi connectivity index (χ0n) is 14.0. The molecule has 1 unspecified atom stereocenters. The molecule has 0 saturated carbocycles. The Bertz CT molecular complexity index is 368. The van der Waals surface area contributed by atoms with Crippen LogP contribution in [0.3, 0.4) is 0 Å². The Kier molecular flexibility index (Phi) is 6.63. The summed E-state index contributed by atoms with van der Waals surface area (Å²) in [4.78, 5) is 6.97. The van der Waals surface area contributed by atoms with Crippen molar-refractivity contribution in [3.63, 3.8) is 0 Å². The lowest BCUT2D eigenvalue weighted by Crippen LogP contribution is -2.49. The van der Waals surface area contributed by atoms with E-state index in [1.807, 2.05) is 12.3 Å². The SMILES string of the molecule is CCN(Cc1ccccn1)C(CNC(C)(C)C)C(C)C. The van der Waals surface area contributed by atoms with E-state index in [0.29, 0.717) is 12.0 Å².